The standard InChI is InChI=1S/C21H24FN3O3S/c1-12-10-16(24-20(28)21(2,3)4)29-18(12)19(27)23-13-7-8-15(14(22)11-13)25-9-5-6-17(25)26/h7-8,10-11H,5-6,9H2,1-4H3,(H,23,27)(H,24,28). The van der Waals surface area contributed by atoms with Crippen LogP contribution in [0.5, 0.6) is 0 Å². The molecule has 0 saturated carbocycles. The monoisotopic (exact) mass is 417 g/mol. The molecule has 1 aliphatic heterocycles. The van der Waals surface area contributed by atoms with Gasteiger partial charge in [-0.3, -0.25) is 14.4 Å². The van der Waals surface area contributed by atoms with Gasteiger partial charge >= 0.3 is 0 Å². The molecule has 2 N–H and O–H groups in total. The molecule has 2 heterocycles. The summed E-state index contributed by atoms with van der Waals surface area (Å²) in [6, 6.07) is 6.04. The van der Waals surface area contributed by atoms with E-state index in [-0.39, 0.29) is 23.4 Å². The highest BCUT2D eigenvalue weighted by atomic mass is 32.1. The number of amides is 3. The molecular formula is C21H24FN3O3S. The molecule has 3 amide bonds. The van der Waals surface area contributed by atoms with Crippen LogP contribution in [0.2, 0.25) is 0 Å². The predicted molar refractivity (Wildman–Crippen MR) is 113 cm³/mol. The second-order valence-electron chi connectivity index (χ2n) is 8.10. The highest BCUT2D eigenvalue weighted by Crippen LogP contribution is 2.30. The van der Waals surface area contributed by atoms with Crippen LogP contribution in [-0.2, 0) is 9.59 Å². The summed E-state index contributed by atoms with van der Waals surface area (Å²) >= 11 is 1.17. The van der Waals surface area contributed by atoms with Crippen molar-refractivity contribution in [2.45, 2.75) is 40.5 Å². The van der Waals surface area contributed by atoms with Gasteiger partial charge in [0.15, 0.2) is 0 Å². The zero-order valence-electron chi connectivity index (χ0n) is 16.9. The molecule has 2 aromatic rings. The Bertz CT molecular complexity index is 978. The van der Waals surface area contributed by atoms with Crippen molar-refractivity contribution in [3.8, 4) is 0 Å². The Morgan fingerprint density at radius 1 is 1.17 bits per heavy atom. The van der Waals surface area contributed by atoms with Gasteiger partial charge in [-0.05, 0) is 43.2 Å². The minimum Gasteiger partial charge on any atom is -0.321 e. The Labute approximate surface area is 173 Å². The van der Waals surface area contributed by atoms with E-state index >= 15 is 0 Å². The van der Waals surface area contributed by atoms with Crippen molar-refractivity contribution in [1.82, 2.24) is 0 Å². The maximum Gasteiger partial charge on any atom is 0.266 e. The molecule has 1 fully saturated rings. The van der Waals surface area contributed by atoms with Gasteiger partial charge in [0.05, 0.1) is 15.6 Å². The number of halogens is 1. The average Bonchev–Trinajstić information content (AvgIpc) is 3.20. The molecule has 3 rings (SSSR count). The molecule has 0 spiro atoms. The number of benzene rings is 1. The number of rotatable bonds is 4. The number of nitrogens with zero attached hydrogens (tertiary/aromatic N) is 1. The predicted octanol–water partition coefficient (Wildman–Crippen LogP) is 4.56. The number of nitrogens with one attached hydrogen (secondary N) is 2. The van der Waals surface area contributed by atoms with E-state index in [1.165, 1.54) is 28.4 Å². The molecule has 154 valence electrons. The minimum absolute atomic E-state index is 0.0975. The van der Waals surface area contributed by atoms with E-state index in [2.05, 4.69) is 10.6 Å². The number of hydrogen-bond acceptors (Lipinski definition) is 4. The lowest BCUT2D eigenvalue weighted by Crippen LogP contribution is -2.27. The van der Waals surface area contributed by atoms with E-state index in [9.17, 15) is 18.8 Å². The van der Waals surface area contributed by atoms with Crippen molar-refractivity contribution in [3.63, 3.8) is 0 Å². The van der Waals surface area contributed by atoms with Crippen LogP contribution in [0.15, 0.2) is 24.3 Å². The second-order valence-corrected chi connectivity index (χ2v) is 9.15. The fraction of sp³-hybridized carbons (Fsp3) is 0.381. The summed E-state index contributed by atoms with van der Waals surface area (Å²) < 4.78 is 14.5. The molecule has 1 aromatic heterocycles. The topological polar surface area (TPSA) is 78.5 Å². The molecule has 29 heavy (non-hydrogen) atoms. The van der Waals surface area contributed by atoms with Crippen LogP contribution in [0.4, 0.5) is 20.8 Å². The van der Waals surface area contributed by atoms with Crippen molar-refractivity contribution in [1.29, 1.82) is 0 Å². The number of hydrogen-bond donors (Lipinski definition) is 2. The molecule has 1 aliphatic rings. The molecule has 8 heteroatoms. The smallest absolute Gasteiger partial charge is 0.266 e. The largest absolute Gasteiger partial charge is 0.321 e. The lowest BCUT2D eigenvalue weighted by atomic mass is 9.96. The quantitative estimate of drug-likeness (QED) is 0.766. The maximum atomic E-state index is 14.5. The van der Waals surface area contributed by atoms with Crippen LogP contribution >= 0.6 is 11.3 Å². The SMILES string of the molecule is Cc1cc(NC(=O)C(C)(C)C)sc1C(=O)Nc1ccc(N2CCCC2=O)c(F)c1. The minimum atomic E-state index is -0.556. The first-order valence-electron chi connectivity index (χ1n) is 9.39. The van der Waals surface area contributed by atoms with Gasteiger partial charge in [-0.2, -0.15) is 0 Å². The van der Waals surface area contributed by atoms with Gasteiger partial charge in [0, 0.05) is 24.1 Å². The molecule has 0 bridgehead atoms. The van der Waals surface area contributed by atoms with E-state index < -0.39 is 11.2 Å². The summed E-state index contributed by atoms with van der Waals surface area (Å²) in [5.41, 5.74) is 0.702. The van der Waals surface area contributed by atoms with Crippen molar-refractivity contribution >= 4 is 45.4 Å². The zero-order chi connectivity index (χ0) is 21.3. The number of aryl methyl sites for hydroxylation is 1. The molecule has 0 aliphatic carbocycles. The highest BCUT2D eigenvalue weighted by molar-refractivity contribution is 7.18. The van der Waals surface area contributed by atoms with Gasteiger partial charge < -0.3 is 15.5 Å². The van der Waals surface area contributed by atoms with E-state index in [0.717, 1.165) is 5.56 Å². The van der Waals surface area contributed by atoms with E-state index in [1.54, 1.807) is 19.1 Å². The lowest BCUT2D eigenvalue weighted by molar-refractivity contribution is -0.123. The van der Waals surface area contributed by atoms with E-state index in [1.807, 2.05) is 20.8 Å². The summed E-state index contributed by atoms with van der Waals surface area (Å²) in [6.07, 6.45) is 1.13. The third-order valence-electron chi connectivity index (χ3n) is 4.61. The molecule has 1 aromatic carbocycles. The number of carbonyl (C=O) groups excluding carboxylic acids is 3. The average molecular weight is 418 g/mol. The molecule has 0 unspecified atom stereocenters. The summed E-state index contributed by atoms with van der Waals surface area (Å²) in [6.45, 7) is 7.71. The summed E-state index contributed by atoms with van der Waals surface area (Å²) in [5, 5.41) is 6.08. The molecule has 6 nitrogen and oxygen atoms in total. The summed E-state index contributed by atoms with van der Waals surface area (Å²) in [4.78, 5) is 38.5. The molecular weight excluding hydrogens is 393 g/mol. The Morgan fingerprint density at radius 3 is 2.48 bits per heavy atom. The van der Waals surface area contributed by atoms with Crippen molar-refractivity contribution in [2.75, 3.05) is 22.1 Å². The van der Waals surface area contributed by atoms with E-state index in [0.29, 0.717) is 35.0 Å². The lowest BCUT2D eigenvalue weighted by Gasteiger charge is -2.17. The Kier molecular flexibility index (Phi) is 5.75. The summed E-state index contributed by atoms with van der Waals surface area (Å²) in [7, 11) is 0. The number of anilines is 3. The second kappa shape index (κ2) is 7.94. The molecule has 0 radical (unpaired) electrons. The van der Waals surface area contributed by atoms with Crippen LogP contribution < -0.4 is 15.5 Å². The van der Waals surface area contributed by atoms with Crippen LogP contribution in [-0.4, -0.2) is 24.3 Å². The number of thiophene rings is 1. The zero-order valence-corrected chi connectivity index (χ0v) is 17.7. The Hall–Kier alpha value is -2.74. The van der Waals surface area contributed by atoms with Crippen LogP contribution in [0.25, 0.3) is 0 Å². The van der Waals surface area contributed by atoms with E-state index in [4.69, 9.17) is 0 Å². The maximum absolute atomic E-state index is 14.5. The normalized spacial score (nSPS) is 14.2. The highest BCUT2D eigenvalue weighted by Gasteiger charge is 2.25. The van der Waals surface area contributed by atoms with Gasteiger partial charge in [0.2, 0.25) is 11.8 Å². The summed E-state index contributed by atoms with van der Waals surface area (Å²) in [5.74, 6) is -1.17. The molecule has 1 saturated heterocycles. The van der Waals surface area contributed by atoms with Gasteiger partial charge in [0.1, 0.15) is 5.82 Å². The first-order valence-corrected chi connectivity index (χ1v) is 10.2. The first kappa shape index (κ1) is 21.0. The van der Waals surface area contributed by atoms with Crippen LogP contribution in [0, 0.1) is 18.2 Å². The Morgan fingerprint density at radius 2 is 1.90 bits per heavy atom. The van der Waals surface area contributed by atoms with Gasteiger partial charge in [-0.25, -0.2) is 4.39 Å². The third kappa shape index (κ3) is 4.64. The van der Waals surface area contributed by atoms with Gasteiger partial charge in [0.25, 0.3) is 5.91 Å². The third-order valence-corrected chi connectivity index (χ3v) is 5.76. The fourth-order valence-corrected chi connectivity index (χ4v) is 3.93. The van der Waals surface area contributed by atoms with Crippen molar-refractivity contribution in [2.24, 2.45) is 5.41 Å². The van der Waals surface area contributed by atoms with Crippen LogP contribution in [0.1, 0.15) is 48.8 Å². The molecule has 0 atom stereocenters. The Balaban J connectivity index is 1.73. The van der Waals surface area contributed by atoms with Gasteiger partial charge in [-0.1, -0.05) is 20.8 Å². The van der Waals surface area contributed by atoms with Crippen LogP contribution in [0.3, 0.4) is 0 Å². The fourth-order valence-electron chi connectivity index (χ4n) is 2.96. The van der Waals surface area contributed by atoms with Crippen molar-refractivity contribution < 1.29 is 18.8 Å². The number of carbonyl (C=O) groups is 3. The van der Waals surface area contributed by atoms with Gasteiger partial charge in [-0.15, -0.1) is 11.3 Å². The van der Waals surface area contributed by atoms with Crippen molar-refractivity contribution in [3.05, 3.63) is 40.5 Å². The first-order chi connectivity index (χ1) is 13.6.